The molecule has 84 valence electrons. The summed E-state index contributed by atoms with van der Waals surface area (Å²) in [6.45, 7) is 7.82. The summed E-state index contributed by atoms with van der Waals surface area (Å²) in [5, 5.41) is 4.44. The Bertz CT molecular complexity index is 525. The fraction of sp³-hybridized carbons (Fsp3) is 0.364. The van der Waals surface area contributed by atoms with Gasteiger partial charge in [0.2, 0.25) is 0 Å². The molecule has 2 rings (SSSR count). The van der Waals surface area contributed by atoms with Gasteiger partial charge in [-0.2, -0.15) is 5.10 Å². The van der Waals surface area contributed by atoms with E-state index >= 15 is 0 Å². The van der Waals surface area contributed by atoms with Crippen LogP contribution in [0.25, 0.3) is 5.82 Å². The van der Waals surface area contributed by atoms with Crippen molar-refractivity contribution < 1.29 is 0 Å². The van der Waals surface area contributed by atoms with Crippen LogP contribution in [0.5, 0.6) is 0 Å². The molecular weight excluding hydrogens is 268 g/mol. The fourth-order valence-corrected chi connectivity index (χ4v) is 1.90. The molecule has 2 aromatic heterocycles. The number of hydrogen-bond acceptors (Lipinski definition) is 3. The van der Waals surface area contributed by atoms with Crippen molar-refractivity contribution in [2.24, 2.45) is 0 Å². The second kappa shape index (κ2) is 3.97. The number of nitrogens with zero attached hydrogens (tertiary/aromatic N) is 4. The average molecular weight is 281 g/mol. The lowest BCUT2D eigenvalue weighted by atomic mass is 10.4. The standard InChI is InChI=1S/C11H13BrN4/c1-6-5-10(14-9(4)13-6)16-8(3)11(12)7(2)15-16/h5H,1-4H3. The molecule has 2 aromatic rings. The molecule has 0 spiro atoms. The highest BCUT2D eigenvalue weighted by Gasteiger charge is 2.11. The van der Waals surface area contributed by atoms with Crippen LogP contribution in [-0.2, 0) is 0 Å². The molecule has 0 unspecified atom stereocenters. The van der Waals surface area contributed by atoms with Crippen LogP contribution < -0.4 is 0 Å². The maximum Gasteiger partial charge on any atom is 0.157 e. The van der Waals surface area contributed by atoms with E-state index in [0.29, 0.717) is 0 Å². The van der Waals surface area contributed by atoms with Gasteiger partial charge in [-0.1, -0.05) is 0 Å². The third-order valence-corrected chi connectivity index (χ3v) is 3.52. The van der Waals surface area contributed by atoms with Crippen molar-refractivity contribution in [2.45, 2.75) is 27.7 Å². The molecule has 0 aliphatic rings. The maximum absolute atomic E-state index is 4.44. The molecule has 0 atom stereocenters. The maximum atomic E-state index is 4.44. The minimum absolute atomic E-state index is 0.763. The Hall–Kier alpha value is -1.23. The Balaban J connectivity index is 2.62. The van der Waals surface area contributed by atoms with Crippen molar-refractivity contribution in [3.8, 4) is 5.82 Å². The first-order chi connectivity index (χ1) is 7.49. The van der Waals surface area contributed by atoms with Gasteiger partial charge in [0.1, 0.15) is 5.82 Å². The molecule has 4 nitrogen and oxygen atoms in total. The lowest BCUT2D eigenvalue weighted by molar-refractivity contribution is 0.788. The van der Waals surface area contributed by atoms with Crippen molar-refractivity contribution in [2.75, 3.05) is 0 Å². The first-order valence-corrected chi connectivity index (χ1v) is 5.82. The van der Waals surface area contributed by atoms with Crippen LogP contribution in [0.3, 0.4) is 0 Å². The average Bonchev–Trinajstić information content (AvgIpc) is 2.44. The van der Waals surface area contributed by atoms with Crippen LogP contribution in [0.2, 0.25) is 0 Å². The Morgan fingerprint density at radius 3 is 2.31 bits per heavy atom. The van der Waals surface area contributed by atoms with Crippen LogP contribution in [0, 0.1) is 27.7 Å². The summed E-state index contributed by atoms with van der Waals surface area (Å²) in [7, 11) is 0. The lowest BCUT2D eigenvalue weighted by Gasteiger charge is -2.05. The zero-order chi connectivity index (χ0) is 11.9. The molecule has 0 saturated heterocycles. The highest BCUT2D eigenvalue weighted by molar-refractivity contribution is 9.10. The monoisotopic (exact) mass is 280 g/mol. The molecule has 0 N–H and O–H groups in total. The van der Waals surface area contributed by atoms with E-state index in [1.807, 2.05) is 38.4 Å². The molecule has 0 radical (unpaired) electrons. The number of halogens is 1. The normalized spacial score (nSPS) is 10.8. The molecule has 5 heteroatoms. The second-order valence-corrected chi connectivity index (χ2v) is 4.60. The first kappa shape index (κ1) is 11.3. The van der Waals surface area contributed by atoms with E-state index in [-0.39, 0.29) is 0 Å². The number of hydrogen-bond donors (Lipinski definition) is 0. The van der Waals surface area contributed by atoms with Gasteiger partial charge in [-0.25, -0.2) is 14.6 Å². The Kier molecular flexibility index (Phi) is 2.80. The van der Waals surface area contributed by atoms with Crippen LogP contribution >= 0.6 is 15.9 Å². The number of aromatic nitrogens is 4. The smallest absolute Gasteiger partial charge is 0.157 e. The summed E-state index contributed by atoms with van der Waals surface area (Å²) in [5.74, 6) is 1.58. The third kappa shape index (κ3) is 1.87. The van der Waals surface area contributed by atoms with Crippen LogP contribution in [0.15, 0.2) is 10.5 Å². The van der Waals surface area contributed by atoms with Gasteiger partial charge in [-0.3, -0.25) is 0 Å². The molecule has 0 aliphatic carbocycles. The molecule has 2 heterocycles. The second-order valence-electron chi connectivity index (χ2n) is 3.81. The van der Waals surface area contributed by atoms with Crippen molar-refractivity contribution in [3.05, 3.63) is 33.4 Å². The van der Waals surface area contributed by atoms with Crippen molar-refractivity contribution in [3.63, 3.8) is 0 Å². The van der Waals surface area contributed by atoms with Crippen molar-refractivity contribution in [1.29, 1.82) is 0 Å². The number of aryl methyl sites for hydroxylation is 3. The minimum atomic E-state index is 0.763. The van der Waals surface area contributed by atoms with Gasteiger partial charge < -0.3 is 0 Å². The molecule has 0 saturated carbocycles. The summed E-state index contributed by atoms with van der Waals surface area (Å²) >= 11 is 3.51. The summed E-state index contributed by atoms with van der Waals surface area (Å²) < 4.78 is 2.86. The molecule has 0 amide bonds. The lowest BCUT2D eigenvalue weighted by Crippen LogP contribution is -2.05. The predicted molar refractivity (Wildman–Crippen MR) is 65.8 cm³/mol. The Morgan fingerprint density at radius 2 is 1.81 bits per heavy atom. The number of rotatable bonds is 1. The Morgan fingerprint density at radius 1 is 1.12 bits per heavy atom. The van der Waals surface area contributed by atoms with Crippen LogP contribution in [0.1, 0.15) is 22.9 Å². The van der Waals surface area contributed by atoms with Gasteiger partial charge in [-0.15, -0.1) is 0 Å². The van der Waals surface area contributed by atoms with E-state index in [2.05, 4.69) is 31.0 Å². The fourth-order valence-electron chi connectivity index (χ4n) is 1.65. The highest BCUT2D eigenvalue weighted by Crippen LogP contribution is 2.22. The van der Waals surface area contributed by atoms with E-state index in [1.54, 1.807) is 0 Å². The predicted octanol–water partition coefficient (Wildman–Crippen LogP) is 2.66. The topological polar surface area (TPSA) is 43.6 Å². The summed E-state index contributed by atoms with van der Waals surface area (Å²) in [6, 6.07) is 1.93. The van der Waals surface area contributed by atoms with Gasteiger partial charge in [0.05, 0.1) is 15.9 Å². The summed E-state index contributed by atoms with van der Waals surface area (Å²) in [5.41, 5.74) is 2.97. The molecule has 0 aliphatic heterocycles. The molecule has 16 heavy (non-hydrogen) atoms. The minimum Gasteiger partial charge on any atom is -0.238 e. The van der Waals surface area contributed by atoms with Gasteiger partial charge in [0.15, 0.2) is 5.82 Å². The molecule has 0 aromatic carbocycles. The largest absolute Gasteiger partial charge is 0.238 e. The molecule has 0 fully saturated rings. The summed E-state index contributed by atoms with van der Waals surface area (Å²) in [6.07, 6.45) is 0. The van der Waals surface area contributed by atoms with Gasteiger partial charge in [0.25, 0.3) is 0 Å². The molecular formula is C11H13BrN4. The van der Waals surface area contributed by atoms with Crippen LogP contribution in [-0.4, -0.2) is 19.7 Å². The van der Waals surface area contributed by atoms with Crippen molar-refractivity contribution in [1.82, 2.24) is 19.7 Å². The zero-order valence-electron chi connectivity index (χ0n) is 9.74. The van der Waals surface area contributed by atoms with E-state index in [0.717, 1.165) is 33.2 Å². The van der Waals surface area contributed by atoms with E-state index in [9.17, 15) is 0 Å². The third-order valence-electron chi connectivity index (χ3n) is 2.37. The highest BCUT2D eigenvalue weighted by atomic mass is 79.9. The molecule has 0 bridgehead atoms. The van der Waals surface area contributed by atoms with Gasteiger partial charge in [0, 0.05) is 11.8 Å². The van der Waals surface area contributed by atoms with E-state index in [1.165, 1.54) is 0 Å². The van der Waals surface area contributed by atoms with E-state index in [4.69, 9.17) is 0 Å². The quantitative estimate of drug-likeness (QED) is 0.807. The Labute approximate surface area is 103 Å². The first-order valence-electron chi connectivity index (χ1n) is 5.03. The SMILES string of the molecule is Cc1cc(-n2nc(C)c(Br)c2C)nc(C)n1. The van der Waals surface area contributed by atoms with Gasteiger partial charge >= 0.3 is 0 Å². The van der Waals surface area contributed by atoms with Gasteiger partial charge in [-0.05, 0) is 43.6 Å². The van der Waals surface area contributed by atoms with E-state index < -0.39 is 0 Å². The van der Waals surface area contributed by atoms with Crippen molar-refractivity contribution >= 4 is 15.9 Å². The summed E-state index contributed by atoms with van der Waals surface area (Å²) in [4.78, 5) is 8.64. The zero-order valence-corrected chi connectivity index (χ0v) is 11.3. The van der Waals surface area contributed by atoms with Crippen LogP contribution in [0.4, 0.5) is 0 Å².